The predicted octanol–water partition coefficient (Wildman–Crippen LogP) is 11.4. The van der Waals surface area contributed by atoms with Gasteiger partial charge in [-0.3, -0.25) is 9.97 Å². The number of benzene rings is 4. The summed E-state index contributed by atoms with van der Waals surface area (Å²) in [6.45, 7) is 13.2. The second-order valence-electron chi connectivity index (χ2n) is 17.1. The lowest BCUT2D eigenvalue weighted by Crippen LogP contribution is -2.44. The van der Waals surface area contributed by atoms with Gasteiger partial charge in [0.1, 0.15) is 17.9 Å². The van der Waals surface area contributed by atoms with Crippen LogP contribution < -0.4 is 39.6 Å². The summed E-state index contributed by atoms with van der Waals surface area (Å²) in [5.41, 5.74) is 5.34. The topological polar surface area (TPSA) is 165 Å². The molecule has 2 aromatic heterocycles. The van der Waals surface area contributed by atoms with E-state index in [2.05, 4.69) is 66.9 Å². The molecule has 0 unspecified atom stereocenters. The van der Waals surface area contributed by atoms with E-state index in [0.29, 0.717) is 125 Å². The Bertz CT molecular complexity index is 2910. The highest BCUT2D eigenvalue weighted by molar-refractivity contribution is 6.38. The number of rotatable bonds is 17. The highest BCUT2D eigenvalue weighted by atomic mass is 35.5. The Kier molecular flexibility index (Phi) is 22.0. The van der Waals surface area contributed by atoms with Crippen molar-refractivity contribution >= 4 is 103 Å². The summed E-state index contributed by atoms with van der Waals surface area (Å²) in [6.07, 6.45) is 5.43. The SMILES string of the molecule is CCc1cc(Nc2c(C#N)cnc3cc(OCCCN4CCN(C)CC4)c(OC)cc23)c(Cl)cc1Cl.CN1CCNCC1.COc1cc(Nc2c(C#N)cnc3cc(OCCCCl)c(OC)cc23)c(Cl)cc1Cl. The number of anilines is 4. The van der Waals surface area contributed by atoms with Crippen molar-refractivity contribution in [1.82, 2.24) is 30.0 Å². The van der Waals surface area contributed by atoms with Crippen LogP contribution in [0, 0.1) is 22.7 Å². The van der Waals surface area contributed by atoms with E-state index in [1.165, 1.54) is 26.4 Å². The Balaban J connectivity index is 0.000000212. The van der Waals surface area contributed by atoms with Crippen LogP contribution in [0.15, 0.2) is 60.9 Å². The van der Waals surface area contributed by atoms with Gasteiger partial charge in [-0.1, -0.05) is 53.3 Å². The molecule has 3 N–H and O–H groups in total. The molecule has 0 bridgehead atoms. The summed E-state index contributed by atoms with van der Waals surface area (Å²) in [7, 11) is 8.98. The van der Waals surface area contributed by atoms with Gasteiger partial charge in [0.2, 0.25) is 0 Å². The van der Waals surface area contributed by atoms with E-state index in [-0.39, 0.29) is 0 Å². The summed E-state index contributed by atoms with van der Waals surface area (Å²) < 4.78 is 28.3. The van der Waals surface area contributed by atoms with E-state index in [1.54, 1.807) is 50.7 Å². The third-order valence-corrected chi connectivity index (χ3v) is 13.7. The van der Waals surface area contributed by atoms with Crippen LogP contribution in [0.25, 0.3) is 21.8 Å². The van der Waals surface area contributed by atoms with Crippen LogP contribution in [0.2, 0.25) is 20.1 Å². The third kappa shape index (κ3) is 15.3. The highest BCUT2D eigenvalue weighted by Gasteiger charge is 2.20. The van der Waals surface area contributed by atoms with Gasteiger partial charge in [-0.2, -0.15) is 10.5 Å². The number of halogens is 5. The smallest absolute Gasteiger partial charge is 0.163 e. The van der Waals surface area contributed by atoms with Gasteiger partial charge >= 0.3 is 0 Å². The van der Waals surface area contributed by atoms with Crippen LogP contribution in [0.1, 0.15) is 36.5 Å². The quantitative estimate of drug-likeness (QED) is 0.0583. The van der Waals surface area contributed by atoms with E-state index in [0.717, 1.165) is 69.6 Å². The predicted molar refractivity (Wildman–Crippen MR) is 297 cm³/mol. The fourth-order valence-electron chi connectivity index (χ4n) is 7.95. The van der Waals surface area contributed by atoms with Crippen molar-refractivity contribution in [2.24, 2.45) is 0 Å². The molecule has 4 aromatic carbocycles. The molecular formula is C53H61Cl5N10O5. The molecule has 0 aliphatic carbocycles. The Morgan fingerprint density at radius 3 is 1.56 bits per heavy atom. The normalized spacial score (nSPS) is 13.9. The lowest BCUT2D eigenvalue weighted by atomic mass is 10.1. The van der Waals surface area contributed by atoms with Gasteiger partial charge in [0.05, 0.1) is 94.5 Å². The molecule has 8 rings (SSSR count). The van der Waals surface area contributed by atoms with E-state index >= 15 is 0 Å². The molecule has 388 valence electrons. The van der Waals surface area contributed by atoms with Crippen LogP contribution >= 0.6 is 58.0 Å². The number of hydrogen-bond donors (Lipinski definition) is 3. The molecule has 73 heavy (non-hydrogen) atoms. The van der Waals surface area contributed by atoms with Crippen LogP contribution in [-0.2, 0) is 6.42 Å². The highest BCUT2D eigenvalue weighted by Crippen LogP contribution is 2.42. The molecule has 2 saturated heterocycles. The maximum atomic E-state index is 9.77. The number of piperazine rings is 2. The van der Waals surface area contributed by atoms with Gasteiger partial charge in [-0.25, -0.2) is 0 Å². The maximum Gasteiger partial charge on any atom is 0.163 e. The summed E-state index contributed by atoms with van der Waals surface area (Å²) in [6, 6.07) is 18.5. The number of hydrogen-bond acceptors (Lipinski definition) is 15. The van der Waals surface area contributed by atoms with Gasteiger partial charge in [-0.15, -0.1) is 11.6 Å². The van der Waals surface area contributed by atoms with Gasteiger partial charge < -0.3 is 54.3 Å². The van der Waals surface area contributed by atoms with Crippen molar-refractivity contribution in [2.45, 2.75) is 26.2 Å². The number of fused-ring (bicyclic) bond motifs is 2. The second-order valence-corrected chi connectivity index (χ2v) is 19.1. The molecule has 0 spiro atoms. The largest absolute Gasteiger partial charge is 0.495 e. The van der Waals surface area contributed by atoms with Crippen molar-refractivity contribution in [3.63, 3.8) is 0 Å². The lowest BCUT2D eigenvalue weighted by molar-refractivity contribution is 0.145. The van der Waals surface area contributed by atoms with Crippen molar-refractivity contribution in [2.75, 3.05) is 124 Å². The third-order valence-electron chi connectivity index (χ3n) is 12.2. The number of ether oxygens (including phenoxy) is 5. The average molecular weight is 1100 g/mol. The molecule has 2 fully saturated rings. The molecule has 2 aliphatic rings. The minimum absolute atomic E-state index is 0.338. The maximum absolute atomic E-state index is 9.77. The fraction of sp³-hybridized carbons (Fsp3) is 0.396. The zero-order chi connectivity index (χ0) is 52.4. The molecule has 0 saturated carbocycles. The minimum Gasteiger partial charge on any atom is -0.495 e. The second kappa shape index (κ2) is 28.3. The van der Waals surface area contributed by atoms with Crippen LogP contribution in [0.4, 0.5) is 22.7 Å². The van der Waals surface area contributed by atoms with Crippen LogP contribution in [0.3, 0.4) is 0 Å². The van der Waals surface area contributed by atoms with E-state index in [4.69, 9.17) is 81.7 Å². The lowest BCUT2D eigenvalue weighted by Gasteiger charge is -2.32. The first-order valence-electron chi connectivity index (χ1n) is 23.8. The molecule has 0 atom stereocenters. The molecule has 0 amide bonds. The van der Waals surface area contributed by atoms with Crippen molar-refractivity contribution in [3.05, 3.63) is 97.7 Å². The Hall–Kier alpha value is -5.43. The molecule has 0 radical (unpaired) electrons. The summed E-state index contributed by atoms with van der Waals surface area (Å²) in [5, 5.41) is 32.5. The van der Waals surface area contributed by atoms with Crippen LogP contribution in [-0.4, -0.2) is 138 Å². The number of methoxy groups -OCH3 is 3. The molecule has 2 aliphatic heterocycles. The Morgan fingerprint density at radius 1 is 0.603 bits per heavy atom. The van der Waals surface area contributed by atoms with Crippen molar-refractivity contribution in [1.29, 1.82) is 10.5 Å². The number of nitriles is 2. The Labute approximate surface area is 453 Å². The first-order chi connectivity index (χ1) is 35.3. The van der Waals surface area contributed by atoms with Gasteiger partial charge in [0.25, 0.3) is 0 Å². The number of pyridine rings is 2. The number of likely N-dealkylation sites (N-methyl/N-ethyl adjacent to an activating group) is 2. The fourth-order valence-corrected chi connectivity index (χ4v) is 9.13. The number of aryl methyl sites for hydroxylation is 1. The molecule has 6 aromatic rings. The van der Waals surface area contributed by atoms with Crippen molar-refractivity contribution < 1.29 is 23.7 Å². The summed E-state index contributed by atoms with van der Waals surface area (Å²) in [4.78, 5) is 16.0. The number of aromatic nitrogens is 2. The van der Waals surface area contributed by atoms with Gasteiger partial charge in [0.15, 0.2) is 23.0 Å². The molecular weight excluding hydrogens is 1030 g/mol. The van der Waals surface area contributed by atoms with Crippen LogP contribution in [0.5, 0.6) is 28.7 Å². The van der Waals surface area contributed by atoms with Gasteiger partial charge in [0, 0.05) is 111 Å². The summed E-state index contributed by atoms with van der Waals surface area (Å²) >= 11 is 31.0. The number of nitrogens with one attached hydrogen (secondary N) is 3. The monoisotopic (exact) mass is 1090 g/mol. The zero-order valence-corrected chi connectivity index (χ0v) is 45.7. The first-order valence-corrected chi connectivity index (χ1v) is 25.9. The Morgan fingerprint density at radius 2 is 1.10 bits per heavy atom. The number of nitrogens with zero attached hydrogens (tertiary/aromatic N) is 7. The van der Waals surface area contributed by atoms with Crippen molar-refractivity contribution in [3.8, 4) is 40.9 Å². The standard InChI is InChI=1S/C27H31Cl2N5O2.C21H18Cl3N3O3.C5H12N2/c1-4-18-12-24(22(29)14-21(18)28)32-27-19(16-30)17-31-23-15-26(25(35-3)13-20(23)27)36-11-5-6-34-9-7-33(2)8-10-34;1-28-18-9-17(14(23)7-15(18)24)27-21-12(10-25)11-26-16-8-20(30-5-3-4-22)19(29-2)6-13(16)21;1-7-4-2-6-3-5-7/h12-15,17H,4-11H2,1-3H3,(H,31,32);6-9,11H,3-5H2,1-2H3,(H,26,27);6H,2-5H2,1H3. The van der Waals surface area contributed by atoms with E-state index in [1.807, 2.05) is 25.1 Å². The van der Waals surface area contributed by atoms with E-state index < -0.39 is 0 Å². The molecule has 20 heteroatoms. The average Bonchev–Trinajstić information content (AvgIpc) is 3.39. The minimum atomic E-state index is 0.338. The van der Waals surface area contributed by atoms with Gasteiger partial charge in [-0.05, 0) is 69.3 Å². The molecule has 15 nitrogen and oxygen atoms in total. The van der Waals surface area contributed by atoms with E-state index in [9.17, 15) is 10.5 Å². The first kappa shape index (κ1) is 56.9. The zero-order valence-electron chi connectivity index (χ0n) is 41.9. The number of alkyl halides is 1. The molecule has 4 heterocycles. The summed E-state index contributed by atoms with van der Waals surface area (Å²) in [5.74, 6) is 3.22.